The van der Waals surface area contributed by atoms with E-state index in [1.54, 1.807) is 18.5 Å². The average Bonchev–Trinajstić information content (AvgIpc) is 2.87. The number of aliphatic hydroxyl groups is 1. The second kappa shape index (κ2) is 6.39. The van der Waals surface area contributed by atoms with E-state index in [4.69, 9.17) is 4.42 Å². The summed E-state index contributed by atoms with van der Waals surface area (Å²) in [5.74, 6) is 0.914. The molecule has 0 amide bonds. The third kappa shape index (κ3) is 3.59. The first-order valence-corrected chi connectivity index (χ1v) is 7.55. The lowest BCUT2D eigenvalue weighted by atomic mass is 10.1. The van der Waals surface area contributed by atoms with Crippen LogP contribution in [-0.2, 0) is 6.54 Å². The fourth-order valence-electron chi connectivity index (χ4n) is 2.32. The van der Waals surface area contributed by atoms with Gasteiger partial charge in [0.25, 0.3) is 0 Å². The zero-order chi connectivity index (χ0) is 13.8. The van der Waals surface area contributed by atoms with E-state index in [1.165, 1.54) is 11.8 Å². The highest BCUT2D eigenvalue weighted by Crippen LogP contribution is 2.26. The van der Waals surface area contributed by atoms with E-state index in [2.05, 4.69) is 14.9 Å². The van der Waals surface area contributed by atoms with E-state index in [9.17, 15) is 5.11 Å². The highest BCUT2D eigenvalue weighted by molar-refractivity contribution is 7.99. The molecular weight excluding hydrogens is 274 g/mol. The molecular formula is C14H17N3O2S. The lowest BCUT2D eigenvalue weighted by molar-refractivity contribution is 0.0627. The lowest BCUT2D eigenvalue weighted by Gasteiger charge is -2.29. The van der Waals surface area contributed by atoms with Gasteiger partial charge in [0.05, 0.1) is 12.6 Å². The van der Waals surface area contributed by atoms with E-state index in [0.29, 0.717) is 5.16 Å². The van der Waals surface area contributed by atoms with Crippen LogP contribution in [0.5, 0.6) is 0 Å². The number of β-amino-alcohol motifs (C(OH)–C–C–N with tert-alkyl or cyclic N) is 1. The molecule has 20 heavy (non-hydrogen) atoms. The molecule has 1 atom stereocenters. The van der Waals surface area contributed by atoms with Gasteiger partial charge in [0, 0.05) is 18.9 Å². The molecule has 0 bridgehead atoms. The Morgan fingerprint density at radius 3 is 3.00 bits per heavy atom. The molecule has 1 fully saturated rings. The minimum atomic E-state index is -0.203. The van der Waals surface area contributed by atoms with Crippen LogP contribution in [0.25, 0.3) is 0 Å². The Hall–Kier alpha value is -1.37. The zero-order valence-electron chi connectivity index (χ0n) is 11.1. The minimum Gasteiger partial charge on any atom is -0.453 e. The number of rotatable bonds is 4. The Morgan fingerprint density at radius 1 is 1.35 bits per heavy atom. The van der Waals surface area contributed by atoms with Crippen LogP contribution in [0.3, 0.4) is 0 Å². The summed E-state index contributed by atoms with van der Waals surface area (Å²) in [7, 11) is 0. The van der Waals surface area contributed by atoms with Crippen molar-refractivity contribution in [3.05, 3.63) is 36.4 Å². The normalized spacial score (nSPS) is 20.1. The number of aliphatic hydroxyl groups excluding tert-OH is 1. The molecule has 0 radical (unpaired) electrons. The number of nitrogens with zero attached hydrogens (tertiary/aromatic N) is 3. The molecule has 1 unspecified atom stereocenters. The second-order valence-electron chi connectivity index (χ2n) is 4.89. The summed E-state index contributed by atoms with van der Waals surface area (Å²) in [6.07, 6.45) is 5.18. The van der Waals surface area contributed by atoms with Gasteiger partial charge in [0.1, 0.15) is 5.76 Å². The third-order valence-corrected chi connectivity index (χ3v) is 4.05. The first-order valence-electron chi connectivity index (χ1n) is 6.73. The van der Waals surface area contributed by atoms with Crippen molar-refractivity contribution in [2.75, 3.05) is 13.1 Å². The van der Waals surface area contributed by atoms with Crippen LogP contribution in [0.2, 0.25) is 0 Å². The van der Waals surface area contributed by atoms with Gasteiger partial charge < -0.3 is 9.52 Å². The Kier molecular flexibility index (Phi) is 4.34. The van der Waals surface area contributed by atoms with E-state index in [0.717, 1.165) is 43.3 Å². The SMILES string of the molecule is OC1CCCN(Cc2ccc(Sc3ncccn3)o2)C1. The van der Waals surface area contributed by atoms with Gasteiger partial charge >= 0.3 is 0 Å². The van der Waals surface area contributed by atoms with Crippen LogP contribution in [0.4, 0.5) is 0 Å². The van der Waals surface area contributed by atoms with Crippen LogP contribution in [0, 0.1) is 0 Å². The van der Waals surface area contributed by atoms with E-state index < -0.39 is 0 Å². The summed E-state index contributed by atoms with van der Waals surface area (Å²) in [5, 5.41) is 11.1. The fraction of sp³-hybridized carbons (Fsp3) is 0.429. The summed E-state index contributed by atoms with van der Waals surface area (Å²) in [5.41, 5.74) is 0. The highest BCUT2D eigenvalue weighted by atomic mass is 32.2. The second-order valence-corrected chi connectivity index (χ2v) is 5.86. The predicted octanol–water partition coefficient (Wildman–Crippen LogP) is 2.18. The standard InChI is InChI=1S/C14H17N3O2S/c18-11-3-1-8-17(9-11)10-12-4-5-13(19-12)20-14-15-6-2-7-16-14/h2,4-7,11,18H,1,3,8-10H2. The molecule has 2 aromatic rings. The maximum atomic E-state index is 9.66. The summed E-state index contributed by atoms with van der Waals surface area (Å²) in [4.78, 5) is 10.5. The van der Waals surface area contributed by atoms with E-state index >= 15 is 0 Å². The molecule has 1 N–H and O–H groups in total. The summed E-state index contributed by atoms with van der Waals surface area (Å²) in [6, 6.07) is 5.71. The number of hydrogen-bond acceptors (Lipinski definition) is 6. The smallest absolute Gasteiger partial charge is 0.195 e. The number of aromatic nitrogens is 2. The van der Waals surface area contributed by atoms with E-state index in [-0.39, 0.29) is 6.10 Å². The van der Waals surface area contributed by atoms with Crippen LogP contribution < -0.4 is 0 Å². The van der Waals surface area contributed by atoms with Crippen molar-refractivity contribution >= 4 is 11.8 Å². The molecule has 1 saturated heterocycles. The van der Waals surface area contributed by atoms with E-state index in [1.807, 2.05) is 12.1 Å². The molecule has 106 valence electrons. The maximum Gasteiger partial charge on any atom is 0.195 e. The number of piperidine rings is 1. The van der Waals surface area contributed by atoms with Crippen molar-refractivity contribution in [3.63, 3.8) is 0 Å². The van der Waals surface area contributed by atoms with Gasteiger partial charge in [-0.2, -0.15) is 0 Å². The quantitative estimate of drug-likeness (QED) is 0.871. The summed E-state index contributed by atoms with van der Waals surface area (Å²) >= 11 is 1.41. The molecule has 0 aliphatic carbocycles. The fourth-order valence-corrected chi connectivity index (χ4v) is 3.01. The van der Waals surface area contributed by atoms with Crippen molar-refractivity contribution < 1.29 is 9.52 Å². The number of furan rings is 1. The summed E-state index contributed by atoms with van der Waals surface area (Å²) in [6.45, 7) is 2.49. The van der Waals surface area contributed by atoms with Crippen LogP contribution in [0.1, 0.15) is 18.6 Å². The highest BCUT2D eigenvalue weighted by Gasteiger charge is 2.18. The van der Waals surface area contributed by atoms with Gasteiger partial charge in [-0.05, 0) is 49.3 Å². The third-order valence-electron chi connectivity index (χ3n) is 3.23. The van der Waals surface area contributed by atoms with Gasteiger partial charge in [-0.1, -0.05) is 0 Å². The molecule has 5 nitrogen and oxygen atoms in total. The summed E-state index contributed by atoms with van der Waals surface area (Å²) < 4.78 is 5.79. The Bertz CT molecular complexity index is 546. The maximum absolute atomic E-state index is 9.66. The largest absolute Gasteiger partial charge is 0.453 e. The molecule has 0 aromatic carbocycles. The van der Waals surface area contributed by atoms with Crippen LogP contribution in [0.15, 0.2) is 45.3 Å². The topological polar surface area (TPSA) is 62.4 Å². The predicted molar refractivity (Wildman–Crippen MR) is 75.4 cm³/mol. The minimum absolute atomic E-state index is 0.203. The van der Waals surface area contributed by atoms with Gasteiger partial charge in [0.15, 0.2) is 10.2 Å². The lowest BCUT2D eigenvalue weighted by Crippen LogP contribution is -2.37. The van der Waals surface area contributed by atoms with Crippen molar-refractivity contribution in [1.82, 2.24) is 14.9 Å². The van der Waals surface area contributed by atoms with Gasteiger partial charge in [0.2, 0.25) is 0 Å². The molecule has 3 heterocycles. The monoisotopic (exact) mass is 291 g/mol. The molecule has 0 saturated carbocycles. The van der Waals surface area contributed by atoms with Crippen LogP contribution in [-0.4, -0.2) is 39.2 Å². The average molecular weight is 291 g/mol. The first-order chi connectivity index (χ1) is 9.79. The molecule has 3 rings (SSSR count). The van der Waals surface area contributed by atoms with Gasteiger partial charge in [-0.3, -0.25) is 4.90 Å². The van der Waals surface area contributed by atoms with Gasteiger partial charge in [-0.15, -0.1) is 0 Å². The Balaban J connectivity index is 1.59. The number of hydrogen-bond donors (Lipinski definition) is 1. The first kappa shape index (κ1) is 13.6. The van der Waals surface area contributed by atoms with Crippen LogP contribution >= 0.6 is 11.8 Å². The van der Waals surface area contributed by atoms with Crippen molar-refractivity contribution in [2.24, 2.45) is 0 Å². The zero-order valence-corrected chi connectivity index (χ0v) is 11.9. The molecule has 1 aliphatic rings. The molecule has 2 aromatic heterocycles. The van der Waals surface area contributed by atoms with Crippen molar-refractivity contribution in [3.8, 4) is 0 Å². The number of likely N-dealkylation sites (tertiary alicyclic amines) is 1. The Morgan fingerprint density at radius 2 is 2.20 bits per heavy atom. The molecule has 1 aliphatic heterocycles. The molecule has 6 heteroatoms. The molecule has 0 spiro atoms. The van der Waals surface area contributed by atoms with Crippen molar-refractivity contribution in [2.45, 2.75) is 35.7 Å². The van der Waals surface area contributed by atoms with Crippen molar-refractivity contribution in [1.29, 1.82) is 0 Å². The Labute approximate surface area is 122 Å². The van der Waals surface area contributed by atoms with Gasteiger partial charge in [-0.25, -0.2) is 9.97 Å².